The van der Waals surface area contributed by atoms with E-state index in [0.717, 1.165) is 37.7 Å². The fourth-order valence-corrected chi connectivity index (χ4v) is 9.27. The molecule has 64 heavy (non-hydrogen) atoms. The molecule has 4 atom stereocenters. The highest BCUT2D eigenvalue weighted by Gasteiger charge is 2.63. The fourth-order valence-electron chi connectivity index (χ4n) is 8.04. The third-order valence-electron chi connectivity index (χ3n) is 11.4. The summed E-state index contributed by atoms with van der Waals surface area (Å²) in [5.74, 6) is -1.89. The molecule has 2 aliphatic rings. The van der Waals surface area contributed by atoms with Crippen LogP contribution in [0, 0.1) is 5.92 Å². The lowest BCUT2D eigenvalue weighted by atomic mass is 10.1. The number of aromatic nitrogens is 1. The number of carboxylic acid groups (broad SMARTS) is 1. The van der Waals surface area contributed by atoms with Crippen LogP contribution in [-0.2, 0) is 29.1 Å². The van der Waals surface area contributed by atoms with Gasteiger partial charge in [0.1, 0.15) is 39.7 Å². The molecule has 1 saturated heterocycles. The molecular weight excluding hydrogens is 839 g/mol. The number of para-hydroxylation sites is 1. The largest absolute Gasteiger partial charge is 0.497 e. The van der Waals surface area contributed by atoms with Crippen LogP contribution in [0.15, 0.2) is 95.9 Å². The number of pyridine rings is 1. The Labute approximate surface area is 375 Å². The molecule has 0 unspecified atom stereocenters. The van der Waals surface area contributed by atoms with E-state index in [1.807, 2.05) is 42.5 Å². The molecule has 3 aromatic carbocycles. The van der Waals surface area contributed by atoms with Gasteiger partial charge in [-0.15, -0.1) is 0 Å². The van der Waals surface area contributed by atoms with Crippen molar-refractivity contribution in [1.82, 2.24) is 19.9 Å². The smallest absolute Gasteiger partial charge is 0.411 e. The second kappa shape index (κ2) is 20.1. The lowest BCUT2D eigenvalue weighted by Gasteiger charge is -2.29. The summed E-state index contributed by atoms with van der Waals surface area (Å²) in [6, 6.07) is 22.0. The number of fused-ring (bicyclic) bond motifs is 1. The van der Waals surface area contributed by atoms with Crippen LogP contribution in [0.5, 0.6) is 11.5 Å². The molecular formula is C48H59N5O10S. The number of ether oxygens (including phenoxy) is 3. The van der Waals surface area contributed by atoms with Gasteiger partial charge in [0.25, 0.3) is 15.9 Å². The molecule has 15 nitrogen and oxygen atoms in total. The van der Waals surface area contributed by atoms with Gasteiger partial charge in [-0.2, -0.15) is 0 Å². The van der Waals surface area contributed by atoms with E-state index in [1.165, 1.54) is 11.0 Å². The number of carboxylic acids is 1. The Kier molecular flexibility index (Phi) is 14.9. The molecule has 1 aromatic heterocycles. The van der Waals surface area contributed by atoms with Crippen molar-refractivity contribution in [3.05, 3.63) is 91.0 Å². The third-order valence-corrected chi connectivity index (χ3v) is 12.8. The van der Waals surface area contributed by atoms with E-state index >= 15 is 0 Å². The van der Waals surface area contributed by atoms with Gasteiger partial charge >= 0.3 is 12.1 Å². The number of nitrogens with one attached hydrogen (secondary N) is 3. The highest BCUT2D eigenvalue weighted by atomic mass is 32.2. The highest BCUT2D eigenvalue weighted by molar-refractivity contribution is 7.90. The maximum absolute atomic E-state index is 14.5. The van der Waals surface area contributed by atoms with Crippen LogP contribution < -0.4 is 24.8 Å². The first-order valence-electron chi connectivity index (χ1n) is 21.7. The number of sulfonamides is 1. The van der Waals surface area contributed by atoms with Crippen LogP contribution in [0.4, 0.5) is 10.5 Å². The summed E-state index contributed by atoms with van der Waals surface area (Å²) in [5.41, 5.74) is 0.451. The number of likely N-dealkylation sites (tertiary alicyclic amines) is 1. The summed E-state index contributed by atoms with van der Waals surface area (Å²) in [6.07, 6.45) is 3.78. The molecule has 6 rings (SSSR count). The Hall–Kier alpha value is -6.16. The highest BCUT2D eigenvalue weighted by Crippen LogP contribution is 2.49. The second-order valence-electron chi connectivity index (χ2n) is 17.6. The molecule has 0 bridgehead atoms. The number of nitrogens with zero attached hydrogens (tertiary/aromatic N) is 2. The summed E-state index contributed by atoms with van der Waals surface area (Å²) >= 11 is 0. The molecule has 0 spiro atoms. The van der Waals surface area contributed by atoms with Crippen molar-refractivity contribution in [3.8, 4) is 22.8 Å². The number of anilines is 1. The Morgan fingerprint density at radius 2 is 1.62 bits per heavy atom. The maximum Gasteiger partial charge on any atom is 0.411 e. The second-order valence-corrected chi connectivity index (χ2v) is 19.2. The van der Waals surface area contributed by atoms with Crippen LogP contribution in [0.1, 0.15) is 85.5 Å². The molecule has 3 amide bonds. The van der Waals surface area contributed by atoms with Gasteiger partial charge in [-0.1, -0.05) is 80.3 Å². The molecule has 16 heteroatoms. The monoisotopic (exact) mass is 897 g/mol. The standard InChI is InChI=1S/C48H59N5O10S/c1-31(2)36-29-48(36,45(57)52-64(59,60)42-21-16-15-20-37(42)49-25-17-10-8-7-9-14-22-43(54)55)51-44(56)40-27-34(30-53(40)46(58)63-47(3,4)5)62-41-28-38(32-18-12-11-13-19-32)50-39-26-33(61-6)23-24-35(39)41/h11-13,15-16,18-21,23-24,26,28,34,36,40,49H,1,7-10,14,17,22,25,27,29-30H2,2-6H3,(H,51,56)(H,52,57)(H,54,55)/t34-,36+,40+,48-/m1/s1. The quantitative estimate of drug-likeness (QED) is 0.0495. The molecule has 1 aliphatic heterocycles. The molecule has 2 heterocycles. The van der Waals surface area contributed by atoms with Gasteiger partial charge in [0.2, 0.25) is 5.91 Å². The Morgan fingerprint density at radius 3 is 2.30 bits per heavy atom. The van der Waals surface area contributed by atoms with Crippen molar-refractivity contribution in [2.45, 2.75) is 114 Å². The normalized spacial score (nSPS) is 19.4. The van der Waals surface area contributed by atoms with Gasteiger partial charge in [-0.25, -0.2) is 22.9 Å². The van der Waals surface area contributed by atoms with Crippen molar-refractivity contribution in [2.24, 2.45) is 5.92 Å². The van der Waals surface area contributed by atoms with Gasteiger partial charge < -0.3 is 30.0 Å². The van der Waals surface area contributed by atoms with E-state index in [1.54, 1.807) is 65.1 Å². The predicted octanol–water partition coefficient (Wildman–Crippen LogP) is 7.85. The van der Waals surface area contributed by atoms with Crippen LogP contribution in [0.2, 0.25) is 0 Å². The molecule has 1 aliphatic carbocycles. The summed E-state index contributed by atoms with van der Waals surface area (Å²) in [4.78, 5) is 59.3. The van der Waals surface area contributed by atoms with Crippen molar-refractivity contribution < 1.29 is 46.9 Å². The van der Waals surface area contributed by atoms with Gasteiger partial charge in [0.15, 0.2) is 0 Å². The summed E-state index contributed by atoms with van der Waals surface area (Å²) in [5, 5.41) is 15.5. The van der Waals surface area contributed by atoms with E-state index in [0.29, 0.717) is 52.3 Å². The van der Waals surface area contributed by atoms with Crippen molar-refractivity contribution in [2.75, 3.05) is 25.5 Å². The Morgan fingerprint density at radius 1 is 0.938 bits per heavy atom. The summed E-state index contributed by atoms with van der Waals surface area (Å²) in [6.45, 7) is 11.3. The van der Waals surface area contributed by atoms with Crippen LogP contribution >= 0.6 is 0 Å². The molecule has 0 radical (unpaired) electrons. The minimum absolute atomic E-state index is 0.0261. The van der Waals surface area contributed by atoms with Crippen molar-refractivity contribution >= 4 is 50.5 Å². The predicted molar refractivity (Wildman–Crippen MR) is 244 cm³/mol. The SMILES string of the molecule is C=C(C)[C@@H]1C[C@]1(NC(=O)[C@@H]1C[C@@H](Oc2cc(-c3ccccc3)nc3cc(OC)ccc23)CN1C(=O)OC(C)(C)C)C(=O)NS(=O)(=O)c1ccccc1NCCCCCCCCC(=O)O. The molecule has 1 saturated carbocycles. The molecule has 4 aromatic rings. The number of hydrogen-bond donors (Lipinski definition) is 4. The van der Waals surface area contributed by atoms with E-state index in [2.05, 4.69) is 21.9 Å². The number of rotatable bonds is 20. The van der Waals surface area contributed by atoms with Crippen LogP contribution in [-0.4, -0.2) is 90.8 Å². The first-order chi connectivity index (χ1) is 30.4. The lowest BCUT2D eigenvalue weighted by Crippen LogP contribution is -2.56. The topological polar surface area (TPSA) is 203 Å². The van der Waals surface area contributed by atoms with Gasteiger partial charge in [-0.05, 0) is 71.2 Å². The van der Waals surface area contributed by atoms with E-state index in [-0.39, 0.29) is 30.7 Å². The van der Waals surface area contributed by atoms with Crippen LogP contribution in [0.25, 0.3) is 22.2 Å². The van der Waals surface area contributed by atoms with E-state index < -0.39 is 63.1 Å². The lowest BCUT2D eigenvalue weighted by molar-refractivity contribution is -0.137. The molecule has 4 N–H and O–H groups in total. The summed E-state index contributed by atoms with van der Waals surface area (Å²) in [7, 11) is -2.87. The number of unbranched alkanes of at least 4 members (excludes halogenated alkanes) is 5. The number of hydrogen-bond acceptors (Lipinski definition) is 11. The molecule has 2 fully saturated rings. The third kappa shape index (κ3) is 11.7. The van der Waals surface area contributed by atoms with E-state index in [4.69, 9.17) is 24.3 Å². The van der Waals surface area contributed by atoms with Crippen LogP contribution in [0.3, 0.4) is 0 Å². The zero-order valence-electron chi connectivity index (χ0n) is 37.1. The van der Waals surface area contributed by atoms with Crippen molar-refractivity contribution in [1.29, 1.82) is 0 Å². The zero-order chi connectivity index (χ0) is 46.2. The average Bonchev–Trinajstić information content (AvgIpc) is 3.83. The summed E-state index contributed by atoms with van der Waals surface area (Å²) < 4.78 is 48.0. The number of amides is 3. The number of carbonyl (C=O) groups excluding carboxylic acids is 3. The number of benzene rings is 3. The first-order valence-corrected chi connectivity index (χ1v) is 23.2. The van der Waals surface area contributed by atoms with Gasteiger partial charge in [-0.3, -0.25) is 19.3 Å². The van der Waals surface area contributed by atoms with E-state index in [9.17, 15) is 27.6 Å². The molecule has 342 valence electrons. The Bertz CT molecular complexity index is 2470. The van der Waals surface area contributed by atoms with Gasteiger partial charge in [0, 0.05) is 48.4 Å². The number of carbonyl (C=O) groups is 4. The number of aliphatic carboxylic acids is 1. The first kappa shape index (κ1) is 47.3. The minimum Gasteiger partial charge on any atom is -0.497 e. The minimum atomic E-state index is -4.44. The van der Waals surface area contributed by atoms with Gasteiger partial charge in [0.05, 0.1) is 30.6 Å². The maximum atomic E-state index is 14.5. The number of methoxy groups -OCH3 is 1. The average molecular weight is 898 g/mol. The Balaban J connectivity index is 1.19. The van der Waals surface area contributed by atoms with Crippen molar-refractivity contribution in [3.63, 3.8) is 0 Å². The fraction of sp³-hybridized carbons (Fsp3) is 0.438. The zero-order valence-corrected chi connectivity index (χ0v) is 38.0.